The van der Waals surface area contributed by atoms with Crippen LogP contribution in [0.3, 0.4) is 0 Å². The number of piperidine rings is 1. The van der Waals surface area contributed by atoms with Crippen LogP contribution in [0.25, 0.3) is 0 Å². The van der Waals surface area contributed by atoms with E-state index in [1.54, 1.807) is 6.26 Å². The minimum atomic E-state index is 0. The van der Waals surface area contributed by atoms with Crippen molar-refractivity contribution < 1.29 is 4.42 Å². The van der Waals surface area contributed by atoms with Gasteiger partial charge in [-0.2, -0.15) is 0 Å². The van der Waals surface area contributed by atoms with Crippen molar-refractivity contribution in [3.8, 4) is 0 Å². The third-order valence-corrected chi connectivity index (χ3v) is 5.14. The molecule has 0 spiro atoms. The second-order valence-electron chi connectivity index (χ2n) is 7.20. The topological polar surface area (TPSA) is 52.8 Å². The average Bonchev–Trinajstić information content (AvgIpc) is 3.32. The monoisotopic (exact) mass is 460 g/mol. The molecule has 1 aromatic heterocycles. The number of furan rings is 1. The average molecular weight is 460 g/mol. The van der Waals surface area contributed by atoms with Crippen molar-refractivity contribution in [1.82, 2.24) is 15.5 Å². The first-order valence-corrected chi connectivity index (χ1v) is 9.58. The first-order chi connectivity index (χ1) is 11.7. The summed E-state index contributed by atoms with van der Waals surface area (Å²) in [5.41, 5.74) is 0. The highest BCUT2D eigenvalue weighted by Gasteiger charge is 2.31. The van der Waals surface area contributed by atoms with E-state index < -0.39 is 0 Å². The number of hydrogen-bond acceptors (Lipinski definition) is 3. The van der Waals surface area contributed by atoms with Crippen LogP contribution in [0, 0.1) is 0 Å². The molecule has 2 aliphatic rings. The van der Waals surface area contributed by atoms with Crippen LogP contribution in [0.1, 0.15) is 51.7 Å². The van der Waals surface area contributed by atoms with Gasteiger partial charge in [0.15, 0.2) is 5.96 Å². The molecule has 3 rings (SSSR count). The van der Waals surface area contributed by atoms with Gasteiger partial charge in [-0.15, -0.1) is 24.0 Å². The van der Waals surface area contributed by atoms with Crippen LogP contribution < -0.4 is 10.6 Å². The predicted octanol–water partition coefficient (Wildman–Crippen LogP) is 3.40. The largest absolute Gasteiger partial charge is 0.469 e. The van der Waals surface area contributed by atoms with Gasteiger partial charge in [0.05, 0.1) is 6.26 Å². The SMILES string of the molecule is CCC(C)NC(=NCCc1ccco1)NC1CCN(C2CC2)CC1.I. The van der Waals surface area contributed by atoms with Crippen LogP contribution in [-0.2, 0) is 6.42 Å². The first kappa shape index (κ1) is 20.6. The minimum absolute atomic E-state index is 0. The lowest BCUT2D eigenvalue weighted by Gasteiger charge is -2.33. The van der Waals surface area contributed by atoms with Crippen molar-refractivity contribution in [2.45, 2.75) is 70.5 Å². The summed E-state index contributed by atoms with van der Waals surface area (Å²) in [7, 11) is 0. The third kappa shape index (κ3) is 6.81. The number of likely N-dealkylation sites (tertiary alicyclic amines) is 1. The van der Waals surface area contributed by atoms with Crippen LogP contribution in [-0.4, -0.2) is 48.6 Å². The van der Waals surface area contributed by atoms with Crippen molar-refractivity contribution >= 4 is 29.9 Å². The van der Waals surface area contributed by atoms with Crippen molar-refractivity contribution in [1.29, 1.82) is 0 Å². The molecule has 2 N–H and O–H groups in total. The summed E-state index contributed by atoms with van der Waals surface area (Å²) >= 11 is 0. The Balaban J connectivity index is 0.00000225. The molecule has 1 aliphatic heterocycles. The van der Waals surface area contributed by atoms with Crippen LogP contribution in [0.4, 0.5) is 0 Å². The van der Waals surface area contributed by atoms with E-state index in [-0.39, 0.29) is 24.0 Å². The molecule has 2 fully saturated rings. The number of guanidine groups is 1. The molecule has 1 aliphatic carbocycles. The highest BCUT2D eigenvalue weighted by Crippen LogP contribution is 2.29. The fourth-order valence-corrected chi connectivity index (χ4v) is 3.24. The summed E-state index contributed by atoms with van der Waals surface area (Å²) in [5.74, 6) is 1.96. The van der Waals surface area contributed by atoms with Gasteiger partial charge in [0.2, 0.25) is 0 Å². The summed E-state index contributed by atoms with van der Waals surface area (Å²) in [6.07, 6.45) is 8.93. The zero-order valence-corrected chi connectivity index (χ0v) is 17.9. The zero-order chi connectivity index (χ0) is 16.8. The number of halogens is 1. The van der Waals surface area contributed by atoms with E-state index in [9.17, 15) is 0 Å². The van der Waals surface area contributed by atoms with Gasteiger partial charge in [-0.3, -0.25) is 4.99 Å². The highest BCUT2D eigenvalue weighted by molar-refractivity contribution is 14.0. The molecule has 0 amide bonds. The highest BCUT2D eigenvalue weighted by atomic mass is 127. The maximum atomic E-state index is 5.39. The minimum Gasteiger partial charge on any atom is -0.469 e. The van der Waals surface area contributed by atoms with E-state index in [2.05, 4.69) is 29.4 Å². The molecule has 1 aromatic rings. The van der Waals surface area contributed by atoms with Gasteiger partial charge in [-0.1, -0.05) is 6.92 Å². The Morgan fingerprint density at radius 2 is 2.08 bits per heavy atom. The fraction of sp³-hybridized carbons (Fsp3) is 0.737. The lowest BCUT2D eigenvalue weighted by atomic mass is 10.1. The predicted molar refractivity (Wildman–Crippen MR) is 114 cm³/mol. The van der Waals surface area contributed by atoms with Crippen LogP contribution in [0.2, 0.25) is 0 Å². The van der Waals surface area contributed by atoms with E-state index >= 15 is 0 Å². The van der Waals surface area contributed by atoms with Gasteiger partial charge in [-0.05, 0) is 51.2 Å². The van der Waals surface area contributed by atoms with E-state index in [0.717, 1.165) is 37.1 Å². The summed E-state index contributed by atoms with van der Waals surface area (Å²) in [6.45, 7) is 7.61. The maximum Gasteiger partial charge on any atom is 0.191 e. The second kappa shape index (κ2) is 10.4. The molecule has 1 atom stereocenters. The molecular formula is C19H33IN4O. The Labute approximate surface area is 169 Å². The normalized spacial score (nSPS) is 20.8. The van der Waals surface area contributed by atoms with Gasteiger partial charge in [0, 0.05) is 44.2 Å². The Hall–Kier alpha value is -0.760. The smallest absolute Gasteiger partial charge is 0.191 e. The molecule has 0 bridgehead atoms. The molecule has 0 aromatic carbocycles. The van der Waals surface area contributed by atoms with Crippen molar-refractivity contribution in [2.24, 2.45) is 4.99 Å². The quantitative estimate of drug-likeness (QED) is 0.372. The van der Waals surface area contributed by atoms with Crippen molar-refractivity contribution in [3.63, 3.8) is 0 Å². The summed E-state index contributed by atoms with van der Waals surface area (Å²) < 4.78 is 5.39. The fourth-order valence-electron chi connectivity index (χ4n) is 3.24. The van der Waals surface area contributed by atoms with Gasteiger partial charge in [0.25, 0.3) is 0 Å². The maximum absolute atomic E-state index is 5.39. The number of rotatable bonds is 7. The van der Waals surface area contributed by atoms with E-state index in [1.165, 1.54) is 38.8 Å². The number of nitrogens with zero attached hydrogens (tertiary/aromatic N) is 2. The molecule has 2 heterocycles. The van der Waals surface area contributed by atoms with Gasteiger partial charge in [-0.25, -0.2) is 0 Å². The third-order valence-electron chi connectivity index (χ3n) is 5.14. The first-order valence-electron chi connectivity index (χ1n) is 9.58. The molecule has 142 valence electrons. The van der Waals surface area contributed by atoms with Crippen LogP contribution in [0.5, 0.6) is 0 Å². The number of hydrogen-bond donors (Lipinski definition) is 2. The van der Waals surface area contributed by atoms with Gasteiger partial charge >= 0.3 is 0 Å². The summed E-state index contributed by atoms with van der Waals surface area (Å²) in [4.78, 5) is 7.43. The molecule has 6 heteroatoms. The van der Waals surface area contributed by atoms with E-state index in [4.69, 9.17) is 9.41 Å². The van der Waals surface area contributed by atoms with Crippen molar-refractivity contribution in [3.05, 3.63) is 24.2 Å². The molecule has 0 radical (unpaired) electrons. The Kier molecular flexibility index (Phi) is 8.55. The molecule has 1 unspecified atom stereocenters. The summed E-state index contributed by atoms with van der Waals surface area (Å²) in [5, 5.41) is 7.20. The summed E-state index contributed by atoms with van der Waals surface area (Å²) in [6, 6.07) is 5.82. The Morgan fingerprint density at radius 3 is 2.68 bits per heavy atom. The molecule has 1 saturated heterocycles. The zero-order valence-electron chi connectivity index (χ0n) is 15.5. The Morgan fingerprint density at radius 1 is 1.32 bits per heavy atom. The number of nitrogens with one attached hydrogen (secondary N) is 2. The van der Waals surface area contributed by atoms with Crippen LogP contribution >= 0.6 is 24.0 Å². The molecule has 5 nitrogen and oxygen atoms in total. The standard InChI is InChI=1S/C19H32N4O.HI/c1-3-15(2)21-19(20-11-8-18-5-4-14-24-18)22-16-9-12-23(13-10-16)17-6-7-17;/h4-5,14-17H,3,6-13H2,1-2H3,(H2,20,21,22);1H. The Bertz CT molecular complexity index is 508. The van der Waals surface area contributed by atoms with E-state index in [0.29, 0.717) is 12.1 Å². The van der Waals surface area contributed by atoms with Gasteiger partial charge in [0.1, 0.15) is 5.76 Å². The van der Waals surface area contributed by atoms with Gasteiger partial charge < -0.3 is 20.0 Å². The molecule has 1 saturated carbocycles. The lowest BCUT2D eigenvalue weighted by Crippen LogP contribution is -2.50. The van der Waals surface area contributed by atoms with Crippen LogP contribution in [0.15, 0.2) is 27.8 Å². The molecule has 25 heavy (non-hydrogen) atoms. The molecular weight excluding hydrogens is 427 g/mol. The number of aliphatic imine (C=N–C) groups is 1. The van der Waals surface area contributed by atoms with Crippen molar-refractivity contribution in [2.75, 3.05) is 19.6 Å². The lowest BCUT2D eigenvalue weighted by molar-refractivity contribution is 0.197. The van der Waals surface area contributed by atoms with E-state index in [1.807, 2.05) is 12.1 Å². The second-order valence-corrected chi connectivity index (χ2v) is 7.20.